The molecular formula is C49H88O5. The van der Waals surface area contributed by atoms with Gasteiger partial charge in [0, 0.05) is 11.6 Å². The predicted octanol–water partition coefficient (Wildman–Crippen LogP) is 15.9. The second-order valence-electron chi connectivity index (χ2n) is 16.8. The van der Waals surface area contributed by atoms with E-state index in [4.69, 9.17) is 18.9 Å². The highest BCUT2D eigenvalue weighted by Crippen LogP contribution is 2.42. The van der Waals surface area contributed by atoms with E-state index in [1.165, 1.54) is 167 Å². The molecule has 0 aliphatic carbocycles. The lowest BCUT2D eigenvalue weighted by molar-refractivity contribution is -0.148. The number of benzene rings is 1. The molecule has 0 saturated carbocycles. The Bertz CT molecular complexity index is 1030. The largest absolute Gasteiger partial charge is 0.490 e. The van der Waals surface area contributed by atoms with Gasteiger partial charge in [-0.05, 0) is 58.2 Å². The molecule has 54 heavy (non-hydrogen) atoms. The van der Waals surface area contributed by atoms with E-state index in [2.05, 4.69) is 20.8 Å². The van der Waals surface area contributed by atoms with Crippen molar-refractivity contribution in [3.8, 4) is 17.2 Å². The summed E-state index contributed by atoms with van der Waals surface area (Å²) in [5.74, 6) is 1.73. The van der Waals surface area contributed by atoms with Gasteiger partial charge in [0.05, 0.1) is 19.8 Å². The molecule has 5 nitrogen and oxygen atoms in total. The fourth-order valence-electron chi connectivity index (χ4n) is 6.88. The SMILES string of the molecule is CCCCCCCCCCCCOc1ccc(C=CC(=O)OC(C)(C)C)c(OCCCCCCCCCCCC)c1OCCCCCCCCCCCC. The normalized spacial score (nSPS) is 11.7. The lowest BCUT2D eigenvalue weighted by Crippen LogP contribution is -2.22. The first kappa shape index (κ1) is 49.8. The van der Waals surface area contributed by atoms with Crippen molar-refractivity contribution in [2.75, 3.05) is 19.8 Å². The highest BCUT2D eigenvalue weighted by Gasteiger charge is 2.19. The van der Waals surface area contributed by atoms with Crippen molar-refractivity contribution in [3.63, 3.8) is 0 Å². The summed E-state index contributed by atoms with van der Waals surface area (Å²) in [4.78, 5) is 12.7. The monoisotopic (exact) mass is 757 g/mol. The maximum Gasteiger partial charge on any atom is 0.331 e. The molecule has 0 bridgehead atoms. The number of carbonyl (C=O) groups is 1. The Hall–Kier alpha value is -2.17. The highest BCUT2D eigenvalue weighted by molar-refractivity contribution is 5.88. The minimum absolute atomic E-state index is 0.364. The van der Waals surface area contributed by atoms with Crippen molar-refractivity contribution >= 4 is 12.0 Å². The van der Waals surface area contributed by atoms with E-state index in [9.17, 15) is 4.79 Å². The van der Waals surface area contributed by atoms with Crippen LogP contribution in [-0.4, -0.2) is 31.4 Å². The maximum absolute atomic E-state index is 12.7. The van der Waals surface area contributed by atoms with Gasteiger partial charge in [-0.15, -0.1) is 0 Å². The molecule has 0 atom stereocenters. The van der Waals surface area contributed by atoms with E-state index >= 15 is 0 Å². The summed E-state index contributed by atoms with van der Waals surface area (Å²) in [6.45, 7) is 14.4. The van der Waals surface area contributed by atoms with Gasteiger partial charge in [-0.3, -0.25) is 0 Å². The summed E-state index contributed by atoms with van der Waals surface area (Å²) in [5, 5.41) is 0. The van der Waals surface area contributed by atoms with E-state index < -0.39 is 5.60 Å². The lowest BCUT2D eigenvalue weighted by Gasteiger charge is -2.20. The predicted molar refractivity (Wildman–Crippen MR) is 233 cm³/mol. The van der Waals surface area contributed by atoms with E-state index in [1.54, 1.807) is 6.08 Å². The molecule has 0 amide bonds. The van der Waals surface area contributed by atoms with Gasteiger partial charge in [0.25, 0.3) is 0 Å². The smallest absolute Gasteiger partial charge is 0.331 e. The Morgan fingerprint density at radius 2 is 0.796 bits per heavy atom. The first-order valence-electron chi connectivity index (χ1n) is 23.3. The summed E-state index contributed by atoms with van der Waals surface area (Å²) in [7, 11) is 0. The van der Waals surface area contributed by atoms with Gasteiger partial charge in [-0.2, -0.15) is 0 Å². The van der Waals surface area contributed by atoms with Crippen LogP contribution in [0.25, 0.3) is 6.08 Å². The average Bonchev–Trinajstić information content (AvgIpc) is 3.14. The zero-order chi connectivity index (χ0) is 39.4. The van der Waals surface area contributed by atoms with Crippen molar-refractivity contribution in [2.45, 2.75) is 240 Å². The van der Waals surface area contributed by atoms with Crippen molar-refractivity contribution in [1.82, 2.24) is 0 Å². The van der Waals surface area contributed by atoms with Crippen LogP contribution in [0.5, 0.6) is 17.2 Å². The molecule has 0 spiro atoms. The van der Waals surface area contributed by atoms with Crippen LogP contribution in [0.3, 0.4) is 0 Å². The summed E-state index contributed by atoms with van der Waals surface area (Å²) in [6, 6.07) is 3.99. The third-order valence-corrected chi connectivity index (χ3v) is 10.2. The minimum atomic E-state index is -0.550. The molecule has 0 N–H and O–H groups in total. The second-order valence-corrected chi connectivity index (χ2v) is 16.8. The van der Waals surface area contributed by atoms with E-state index in [-0.39, 0.29) is 5.97 Å². The Balaban J connectivity index is 2.91. The molecule has 0 heterocycles. The van der Waals surface area contributed by atoms with Crippen LogP contribution in [0.4, 0.5) is 0 Å². The Labute approximate surface area is 335 Å². The number of unbranched alkanes of at least 4 members (excludes halogenated alkanes) is 27. The molecule has 1 aromatic rings. The van der Waals surface area contributed by atoms with Gasteiger partial charge in [-0.25, -0.2) is 4.79 Å². The average molecular weight is 757 g/mol. The lowest BCUT2D eigenvalue weighted by atomic mass is 10.1. The molecule has 1 aromatic carbocycles. The molecule has 314 valence electrons. The minimum Gasteiger partial charge on any atom is -0.490 e. The fraction of sp³-hybridized carbons (Fsp3) is 0.816. The van der Waals surface area contributed by atoms with Crippen LogP contribution >= 0.6 is 0 Å². The van der Waals surface area contributed by atoms with E-state index in [1.807, 2.05) is 32.9 Å². The number of carbonyl (C=O) groups excluding carboxylic acids is 1. The standard InChI is InChI=1S/C49H88O5/c1-7-10-13-16-19-22-25-28-31-34-41-51-45-39-37-44(38-40-46(50)54-49(4,5)6)47(52-42-35-32-29-26-23-20-17-14-11-8-2)48(45)53-43-36-33-30-27-24-21-18-15-12-9-3/h37-40H,7-36,41-43H2,1-6H3. The zero-order valence-electron chi connectivity index (χ0n) is 36.7. The molecule has 0 aliphatic heterocycles. The van der Waals surface area contributed by atoms with Gasteiger partial charge in [0.15, 0.2) is 11.5 Å². The molecule has 0 unspecified atom stereocenters. The van der Waals surface area contributed by atoms with E-state index in [0.29, 0.717) is 31.3 Å². The first-order valence-corrected chi connectivity index (χ1v) is 23.3. The summed E-state index contributed by atoms with van der Waals surface area (Å²) in [5.41, 5.74) is 0.267. The fourth-order valence-corrected chi connectivity index (χ4v) is 6.88. The molecule has 0 radical (unpaired) electrons. The Morgan fingerprint density at radius 1 is 0.463 bits per heavy atom. The topological polar surface area (TPSA) is 54.0 Å². The van der Waals surface area contributed by atoms with Crippen LogP contribution in [0.2, 0.25) is 0 Å². The zero-order valence-corrected chi connectivity index (χ0v) is 36.7. The summed E-state index contributed by atoms with van der Waals surface area (Å²) < 4.78 is 25.1. The summed E-state index contributed by atoms with van der Waals surface area (Å²) >= 11 is 0. The van der Waals surface area contributed by atoms with Crippen LogP contribution in [0.1, 0.15) is 240 Å². The number of hydrogen-bond donors (Lipinski definition) is 0. The Morgan fingerprint density at radius 3 is 1.17 bits per heavy atom. The second kappa shape index (κ2) is 35.3. The van der Waals surface area contributed by atoms with Gasteiger partial charge < -0.3 is 18.9 Å². The highest BCUT2D eigenvalue weighted by atomic mass is 16.6. The van der Waals surface area contributed by atoms with Crippen LogP contribution < -0.4 is 14.2 Å². The molecular weight excluding hydrogens is 669 g/mol. The molecule has 1 rings (SSSR count). The van der Waals surface area contributed by atoms with E-state index in [0.717, 1.165) is 43.4 Å². The number of ether oxygens (including phenoxy) is 4. The number of rotatable bonds is 38. The summed E-state index contributed by atoms with van der Waals surface area (Å²) in [6.07, 6.45) is 41.9. The molecule has 0 aliphatic rings. The third kappa shape index (κ3) is 29.2. The number of hydrogen-bond acceptors (Lipinski definition) is 5. The third-order valence-electron chi connectivity index (χ3n) is 10.2. The van der Waals surface area contributed by atoms with Crippen LogP contribution in [0.15, 0.2) is 18.2 Å². The van der Waals surface area contributed by atoms with Crippen molar-refractivity contribution in [3.05, 3.63) is 23.8 Å². The quantitative estimate of drug-likeness (QED) is 0.0382. The number of esters is 1. The molecule has 5 heteroatoms. The van der Waals surface area contributed by atoms with Gasteiger partial charge in [-0.1, -0.05) is 194 Å². The molecule has 0 aromatic heterocycles. The van der Waals surface area contributed by atoms with Gasteiger partial charge in [0.2, 0.25) is 5.75 Å². The van der Waals surface area contributed by atoms with Crippen LogP contribution in [0, 0.1) is 0 Å². The molecule has 0 fully saturated rings. The maximum atomic E-state index is 12.7. The van der Waals surface area contributed by atoms with Crippen LogP contribution in [-0.2, 0) is 9.53 Å². The Kier molecular flexibility index (Phi) is 32.5. The van der Waals surface area contributed by atoms with Gasteiger partial charge in [0.1, 0.15) is 5.60 Å². The van der Waals surface area contributed by atoms with Crippen molar-refractivity contribution < 1.29 is 23.7 Å². The van der Waals surface area contributed by atoms with Gasteiger partial charge >= 0.3 is 5.97 Å². The first-order chi connectivity index (χ1) is 26.3. The van der Waals surface area contributed by atoms with Crippen molar-refractivity contribution in [2.24, 2.45) is 0 Å². The molecule has 0 saturated heterocycles. The van der Waals surface area contributed by atoms with Crippen molar-refractivity contribution in [1.29, 1.82) is 0 Å².